The molecule has 0 saturated carbocycles. The zero-order valence-electron chi connectivity index (χ0n) is 18.0. The van der Waals surface area contributed by atoms with E-state index in [1.165, 1.54) is 100 Å². The average molecular weight is 388 g/mol. The van der Waals surface area contributed by atoms with Gasteiger partial charge in [0.15, 0.2) is 0 Å². The van der Waals surface area contributed by atoms with E-state index in [1.807, 2.05) is 6.07 Å². The minimum absolute atomic E-state index is 0.360. The molecular formula is C25H41NO2. The smallest absolute Gasteiger partial charge is 0.119 e. The summed E-state index contributed by atoms with van der Waals surface area (Å²) in [4.78, 5) is 3.53. The predicted molar refractivity (Wildman–Crippen MR) is 120 cm³/mol. The first-order valence-corrected chi connectivity index (χ1v) is 11.6. The van der Waals surface area contributed by atoms with Crippen LogP contribution in [0.2, 0.25) is 0 Å². The van der Waals surface area contributed by atoms with Crippen molar-refractivity contribution >= 4 is 10.9 Å². The van der Waals surface area contributed by atoms with Gasteiger partial charge in [-0.05, 0) is 43.5 Å². The third-order valence-corrected chi connectivity index (χ3v) is 5.74. The van der Waals surface area contributed by atoms with E-state index in [4.69, 9.17) is 9.84 Å². The van der Waals surface area contributed by atoms with Gasteiger partial charge in [0.25, 0.3) is 0 Å². The number of nitrogens with one attached hydrogen (secondary N) is 1. The molecule has 1 aromatic carbocycles. The maximum absolute atomic E-state index is 8.75. The van der Waals surface area contributed by atoms with Crippen molar-refractivity contribution in [2.24, 2.45) is 0 Å². The molecule has 0 spiro atoms. The number of H-pyrrole nitrogens is 1. The number of rotatable bonds is 17. The Bertz CT molecular complexity index is 635. The second kappa shape index (κ2) is 14.5. The number of benzene rings is 1. The maximum Gasteiger partial charge on any atom is 0.119 e. The number of hydrogen-bond donors (Lipinski definition) is 2. The molecular weight excluding hydrogens is 346 g/mol. The lowest BCUT2D eigenvalue weighted by Crippen LogP contribution is -1.87. The van der Waals surface area contributed by atoms with E-state index >= 15 is 0 Å². The fourth-order valence-corrected chi connectivity index (χ4v) is 3.98. The van der Waals surface area contributed by atoms with Crippen molar-refractivity contribution in [3.63, 3.8) is 0 Å². The van der Waals surface area contributed by atoms with Crippen molar-refractivity contribution in [1.29, 1.82) is 0 Å². The van der Waals surface area contributed by atoms with E-state index in [1.54, 1.807) is 7.11 Å². The van der Waals surface area contributed by atoms with E-state index in [9.17, 15) is 0 Å². The number of hydrogen-bond acceptors (Lipinski definition) is 2. The van der Waals surface area contributed by atoms with Gasteiger partial charge in [-0.1, -0.05) is 77.0 Å². The highest BCUT2D eigenvalue weighted by atomic mass is 16.5. The predicted octanol–water partition coefficient (Wildman–Crippen LogP) is 7.17. The number of methoxy groups -OCH3 is 1. The molecule has 0 aliphatic heterocycles. The largest absolute Gasteiger partial charge is 0.497 e. The topological polar surface area (TPSA) is 45.2 Å². The molecule has 158 valence electrons. The first-order chi connectivity index (χ1) is 13.8. The summed E-state index contributed by atoms with van der Waals surface area (Å²) in [5.41, 5.74) is 2.56. The Morgan fingerprint density at radius 2 is 1.25 bits per heavy atom. The van der Waals surface area contributed by atoms with Crippen LogP contribution >= 0.6 is 0 Å². The molecule has 2 N–H and O–H groups in total. The zero-order chi connectivity index (χ0) is 19.9. The minimum atomic E-state index is 0.360. The Labute approximate surface area is 171 Å². The molecule has 0 aliphatic rings. The summed E-state index contributed by atoms with van der Waals surface area (Å²) in [6.45, 7) is 0.360. The number of aliphatic hydroxyl groups excluding tert-OH is 1. The van der Waals surface area contributed by atoms with Gasteiger partial charge in [0.05, 0.1) is 7.11 Å². The quantitative estimate of drug-likeness (QED) is 0.282. The molecule has 3 nitrogen and oxygen atoms in total. The second-order valence-corrected chi connectivity index (χ2v) is 8.17. The number of ether oxygens (including phenoxy) is 1. The minimum Gasteiger partial charge on any atom is -0.497 e. The van der Waals surface area contributed by atoms with Gasteiger partial charge in [-0.25, -0.2) is 0 Å². The van der Waals surface area contributed by atoms with Crippen LogP contribution in [0.15, 0.2) is 24.3 Å². The van der Waals surface area contributed by atoms with Gasteiger partial charge >= 0.3 is 0 Å². The standard InChI is InChI=1S/C25H41NO2/c1-28-24-17-18-25-22(21-24)20-23(26-25)16-14-12-10-8-6-4-2-3-5-7-9-11-13-15-19-27/h17-18,20-21,26-27H,2-16,19H2,1H3. The van der Waals surface area contributed by atoms with E-state index in [0.717, 1.165) is 18.6 Å². The van der Waals surface area contributed by atoms with Crippen LogP contribution in [0, 0.1) is 0 Å². The summed E-state index contributed by atoms with van der Waals surface area (Å²) in [6.07, 6.45) is 19.8. The van der Waals surface area contributed by atoms with E-state index < -0.39 is 0 Å². The Balaban J connectivity index is 1.40. The summed E-state index contributed by atoms with van der Waals surface area (Å²) in [6, 6.07) is 8.49. The van der Waals surface area contributed by atoms with Crippen LogP contribution in [-0.4, -0.2) is 23.8 Å². The molecule has 28 heavy (non-hydrogen) atoms. The highest BCUT2D eigenvalue weighted by molar-refractivity contribution is 5.81. The molecule has 0 saturated heterocycles. The van der Waals surface area contributed by atoms with Crippen LogP contribution in [0.3, 0.4) is 0 Å². The molecule has 0 bridgehead atoms. The van der Waals surface area contributed by atoms with Crippen molar-refractivity contribution in [2.45, 2.75) is 96.3 Å². The zero-order valence-corrected chi connectivity index (χ0v) is 18.0. The molecule has 0 amide bonds. The molecule has 2 aromatic rings. The average Bonchev–Trinajstić information content (AvgIpc) is 3.12. The summed E-state index contributed by atoms with van der Waals surface area (Å²) in [5.74, 6) is 0.927. The van der Waals surface area contributed by atoms with Gasteiger partial charge in [0, 0.05) is 23.2 Å². The Morgan fingerprint density at radius 1 is 0.714 bits per heavy atom. The van der Waals surface area contributed by atoms with E-state index in [2.05, 4.69) is 23.2 Å². The third kappa shape index (κ3) is 9.14. The SMILES string of the molecule is COc1ccc2[nH]c(CCCCCCCCCCCCCCCCO)cc2c1. The van der Waals surface area contributed by atoms with Gasteiger partial charge in [-0.15, -0.1) is 0 Å². The monoisotopic (exact) mass is 387 g/mol. The number of aliphatic hydroxyl groups is 1. The number of fused-ring (bicyclic) bond motifs is 1. The molecule has 3 heteroatoms. The van der Waals surface area contributed by atoms with Crippen LogP contribution in [-0.2, 0) is 6.42 Å². The van der Waals surface area contributed by atoms with Crippen molar-refractivity contribution in [1.82, 2.24) is 4.98 Å². The Kier molecular flexibility index (Phi) is 11.8. The van der Waals surface area contributed by atoms with E-state index in [-0.39, 0.29) is 0 Å². The number of aryl methyl sites for hydroxylation is 1. The number of aromatic nitrogens is 1. The molecule has 0 radical (unpaired) electrons. The summed E-state index contributed by atoms with van der Waals surface area (Å²) >= 11 is 0. The fourth-order valence-electron chi connectivity index (χ4n) is 3.98. The van der Waals surface area contributed by atoms with Gasteiger partial charge in [0.1, 0.15) is 5.75 Å². The Hall–Kier alpha value is -1.48. The molecule has 1 aromatic heterocycles. The number of aromatic amines is 1. The molecule has 0 fully saturated rings. The number of unbranched alkanes of at least 4 members (excludes halogenated alkanes) is 13. The molecule has 0 unspecified atom stereocenters. The van der Waals surface area contributed by atoms with Crippen LogP contribution in [0.4, 0.5) is 0 Å². The van der Waals surface area contributed by atoms with Crippen molar-refractivity contribution in [3.8, 4) is 5.75 Å². The van der Waals surface area contributed by atoms with Crippen LogP contribution in [0.1, 0.15) is 95.6 Å². The lowest BCUT2D eigenvalue weighted by molar-refractivity contribution is 0.282. The van der Waals surface area contributed by atoms with Crippen molar-refractivity contribution in [2.75, 3.05) is 13.7 Å². The summed E-state index contributed by atoms with van der Waals surface area (Å²) < 4.78 is 5.30. The first kappa shape index (κ1) is 22.8. The second-order valence-electron chi connectivity index (χ2n) is 8.17. The molecule has 1 heterocycles. The molecule has 0 atom stereocenters. The van der Waals surface area contributed by atoms with E-state index in [0.29, 0.717) is 6.61 Å². The van der Waals surface area contributed by atoms with Gasteiger partial charge in [0.2, 0.25) is 0 Å². The first-order valence-electron chi connectivity index (χ1n) is 11.6. The fraction of sp³-hybridized carbons (Fsp3) is 0.680. The highest BCUT2D eigenvalue weighted by Crippen LogP contribution is 2.22. The van der Waals surface area contributed by atoms with Crippen LogP contribution < -0.4 is 4.74 Å². The third-order valence-electron chi connectivity index (χ3n) is 5.74. The lowest BCUT2D eigenvalue weighted by atomic mass is 10.0. The van der Waals surface area contributed by atoms with Gasteiger partial charge < -0.3 is 14.8 Å². The molecule has 2 rings (SSSR count). The van der Waals surface area contributed by atoms with Gasteiger partial charge in [-0.3, -0.25) is 0 Å². The molecule has 0 aliphatic carbocycles. The maximum atomic E-state index is 8.75. The van der Waals surface area contributed by atoms with Crippen molar-refractivity contribution in [3.05, 3.63) is 30.0 Å². The highest BCUT2D eigenvalue weighted by Gasteiger charge is 2.02. The summed E-state index contributed by atoms with van der Waals surface area (Å²) in [5, 5.41) is 10.00. The summed E-state index contributed by atoms with van der Waals surface area (Å²) in [7, 11) is 1.72. The van der Waals surface area contributed by atoms with Crippen LogP contribution in [0.5, 0.6) is 5.75 Å². The van der Waals surface area contributed by atoms with Gasteiger partial charge in [-0.2, -0.15) is 0 Å². The lowest BCUT2D eigenvalue weighted by Gasteiger charge is -2.03. The normalized spacial score (nSPS) is 11.4. The van der Waals surface area contributed by atoms with Crippen molar-refractivity contribution < 1.29 is 9.84 Å². The van der Waals surface area contributed by atoms with Crippen LogP contribution in [0.25, 0.3) is 10.9 Å². The Morgan fingerprint density at radius 3 is 1.79 bits per heavy atom.